The van der Waals surface area contributed by atoms with Crippen molar-refractivity contribution >= 4 is 17.5 Å². The van der Waals surface area contributed by atoms with Crippen LogP contribution < -0.4 is 4.90 Å². The number of fused-ring (bicyclic) bond motifs is 1. The lowest BCUT2D eigenvalue weighted by atomic mass is 10.00. The van der Waals surface area contributed by atoms with Crippen molar-refractivity contribution in [2.24, 2.45) is 0 Å². The van der Waals surface area contributed by atoms with Gasteiger partial charge in [0.1, 0.15) is 11.5 Å². The van der Waals surface area contributed by atoms with E-state index in [9.17, 15) is 19.8 Å². The van der Waals surface area contributed by atoms with Crippen LogP contribution in [0.5, 0.6) is 11.5 Å². The molecule has 0 unspecified atom stereocenters. The van der Waals surface area contributed by atoms with E-state index >= 15 is 0 Å². The summed E-state index contributed by atoms with van der Waals surface area (Å²) >= 11 is 0. The Morgan fingerprint density at radius 2 is 1.72 bits per heavy atom. The number of phenols is 2. The number of aryl methyl sites for hydroxylation is 1. The molecule has 0 atom stereocenters. The average molecular weight is 438 g/mol. The first-order valence-electron chi connectivity index (χ1n) is 10.5. The van der Waals surface area contributed by atoms with Crippen LogP contribution in [0, 0.1) is 20.8 Å². The number of nitrogens with zero attached hydrogens (tertiary/aromatic N) is 3. The molecule has 0 aromatic heterocycles. The number of aromatic hydroxyl groups is 2. The second kappa shape index (κ2) is 9.04. The smallest absolute Gasteiger partial charge is 0.258 e. The summed E-state index contributed by atoms with van der Waals surface area (Å²) in [4.78, 5) is 31.3. The molecule has 2 N–H and O–H groups in total. The highest BCUT2D eigenvalue weighted by atomic mass is 16.3. The average Bonchev–Trinajstić information content (AvgIpc) is 3.15. The third-order valence-electron chi connectivity index (χ3n) is 6.04. The molecular formula is C25H31N3O4. The Morgan fingerprint density at radius 3 is 2.38 bits per heavy atom. The molecule has 32 heavy (non-hydrogen) atoms. The molecule has 3 rings (SSSR count). The first-order chi connectivity index (χ1) is 15.0. The minimum Gasteiger partial charge on any atom is -0.508 e. The van der Waals surface area contributed by atoms with E-state index in [1.165, 1.54) is 6.07 Å². The Kier molecular flexibility index (Phi) is 6.60. The summed E-state index contributed by atoms with van der Waals surface area (Å²) in [6, 6.07) is 5.15. The van der Waals surface area contributed by atoms with Crippen molar-refractivity contribution in [3.8, 4) is 11.5 Å². The van der Waals surface area contributed by atoms with Crippen molar-refractivity contribution in [1.29, 1.82) is 0 Å². The summed E-state index contributed by atoms with van der Waals surface area (Å²) in [5.74, 6) is -0.707. The largest absolute Gasteiger partial charge is 0.508 e. The number of benzene rings is 2. The number of carbonyl (C=O) groups excluding carboxylic acids is 2. The fraction of sp³-hybridized carbons (Fsp3) is 0.360. The van der Waals surface area contributed by atoms with Gasteiger partial charge >= 0.3 is 0 Å². The SMILES string of the molecule is Cc1ccc2c(c1N(C)C(=O)/C=C/CN(C)C)CN(C(=O)c1c(O)cc(O)c(C)c1C)C2. The Balaban J connectivity index is 1.91. The number of anilines is 1. The fourth-order valence-corrected chi connectivity index (χ4v) is 4.08. The molecule has 1 aliphatic rings. The summed E-state index contributed by atoms with van der Waals surface area (Å²) in [5, 5.41) is 20.3. The monoisotopic (exact) mass is 437 g/mol. The zero-order chi connectivity index (χ0) is 23.7. The predicted octanol–water partition coefficient (Wildman–Crippen LogP) is 3.26. The maximum atomic E-state index is 13.3. The summed E-state index contributed by atoms with van der Waals surface area (Å²) in [5.41, 5.74) is 4.98. The van der Waals surface area contributed by atoms with Crippen LogP contribution in [0.25, 0.3) is 0 Å². The molecule has 2 amide bonds. The van der Waals surface area contributed by atoms with Gasteiger partial charge in [-0.05, 0) is 57.1 Å². The molecule has 2 aromatic carbocycles. The number of hydrogen-bond donors (Lipinski definition) is 2. The molecular weight excluding hydrogens is 406 g/mol. The molecule has 1 aliphatic heterocycles. The Hall–Kier alpha value is -3.32. The van der Waals surface area contributed by atoms with E-state index in [2.05, 4.69) is 0 Å². The first-order valence-corrected chi connectivity index (χ1v) is 10.5. The molecule has 7 nitrogen and oxygen atoms in total. The molecule has 7 heteroatoms. The second-order valence-corrected chi connectivity index (χ2v) is 8.63. The minimum atomic E-state index is -0.303. The zero-order valence-corrected chi connectivity index (χ0v) is 19.6. The highest BCUT2D eigenvalue weighted by Crippen LogP contribution is 2.37. The van der Waals surface area contributed by atoms with E-state index in [1.807, 2.05) is 44.1 Å². The topological polar surface area (TPSA) is 84.3 Å². The van der Waals surface area contributed by atoms with Crippen LogP contribution in [-0.2, 0) is 17.9 Å². The molecule has 1 heterocycles. The number of carbonyl (C=O) groups is 2. The van der Waals surface area contributed by atoms with Crippen LogP contribution in [0.2, 0.25) is 0 Å². The first kappa shape index (κ1) is 23.3. The Labute approximate surface area is 189 Å². The lowest BCUT2D eigenvalue weighted by Crippen LogP contribution is -2.28. The van der Waals surface area contributed by atoms with Crippen LogP contribution in [0.4, 0.5) is 5.69 Å². The van der Waals surface area contributed by atoms with Crippen molar-refractivity contribution in [1.82, 2.24) is 9.80 Å². The highest BCUT2D eigenvalue weighted by molar-refractivity contribution is 6.03. The lowest BCUT2D eigenvalue weighted by Gasteiger charge is -2.22. The van der Waals surface area contributed by atoms with E-state index in [4.69, 9.17) is 0 Å². The van der Waals surface area contributed by atoms with Crippen molar-refractivity contribution in [3.05, 3.63) is 63.7 Å². The van der Waals surface area contributed by atoms with Crippen molar-refractivity contribution < 1.29 is 19.8 Å². The van der Waals surface area contributed by atoms with Gasteiger partial charge in [0.2, 0.25) is 5.91 Å². The van der Waals surface area contributed by atoms with Gasteiger partial charge in [-0.3, -0.25) is 9.59 Å². The lowest BCUT2D eigenvalue weighted by molar-refractivity contribution is -0.113. The normalized spacial score (nSPS) is 13.2. The summed E-state index contributed by atoms with van der Waals surface area (Å²) < 4.78 is 0. The van der Waals surface area contributed by atoms with Crippen LogP contribution in [-0.4, -0.2) is 59.5 Å². The zero-order valence-electron chi connectivity index (χ0n) is 19.6. The van der Waals surface area contributed by atoms with Gasteiger partial charge in [0.25, 0.3) is 5.91 Å². The maximum absolute atomic E-state index is 13.3. The Bertz CT molecular complexity index is 1110. The van der Waals surface area contributed by atoms with Gasteiger partial charge in [0.05, 0.1) is 11.3 Å². The second-order valence-electron chi connectivity index (χ2n) is 8.63. The standard InChI is InChI=1S/C25H31N3O4/c1-15-9-10-18-13-28(25(32)23-17(3)16(2)20(29)12-21(23)30)14-19(18)24(15)27(6)22(31)8-7-11-26(4)5/h7-10,12,29-30H,11,13-14H2,1-6H3/b8-7+. The van der Waals surface area contributed by atoms with Gasteiger partial charge in [-0.25, -0.2) is 0 Å². The van der Waals surface area contributed by atoms with Crippen LogP contribution in [0.15, 0.2) is 30.4 Å². The highest BCUT2D eigenvalue weighted by Gasteiger charge is 2.31. The predicted molar refractivity (Wildman–Crippen MR) is 125 cm³/mol. The van der Waals surface area contributed by atoms with Crippen LogP contribution in [0.3, 0.4) is 0 Å². The summed E-state index contributed by atoms with van der Waals surface area (Å²) in [6.07, 6.45) is 3.39. The number of rotatable bonds is 5. The number of hydrogen-bond acceptors (Lipinski definition) is 5. The summed E-state index contributed by atoms with van der Waals surface area (Å²) in [6.45, 7) is 6.77. The van der Waals surface area contributed by atoms with Crippen molar-refractivity contribution in [3.63, 3.8) is 0 Å². The molecule has 0 saturated heterocycles. The van der Waals surface area contributed by atoms with Crippen molar-refractivity contribution in [2.75, 3.05) is 32.6 Å². The molecule has 2 aromatic rings. The van der Waals surface area contributed by atoms with Crippen LogP contribution >= 0.6 is 0 Å². The van der Waals surface area contributed by atoms with Gasteiger partial charge in [-0.15, -0.1) is 0 Å². The summed E-state index contributed by atoms with van der Waals surface area (Å²) in [7, 11) is 5.62. The van der Waals surface area contributed by atoms with E-state index in [0.717, 1.165) is 22.4 Å². The molecule has 0 aliphatic carbocycles. The van der Waals surface area contributed by atoms with Gasteiger partial charge in [-0.2, -0.15) is 0 Å². The number of likely N-dealkylation sites (N-methyl/N-ethyl adjacent to an activating group) is 2. The van der Waals surface area contributed by atoms with Gasteiger partial charge in [0.15, 0.2) is 0 Å². The maximum Gasteiger partial charge on any atom is 0.258 e. The van der Waals surface area contributed by atoms with Gasteiger partial charge < -0.3 is 24.9 Å². The van der Waals surface area contributed by atoms with E-state index in [-0.39, 0.29) is 28.9 Å². The van der Waals surface area contributed by atoms with E-state index in [1.54, 1.807) is 36.8 Å². The third kappa shape index (κ3) is 4.34. The number of amides is 2. The fourth-order valence-electron chi connectivity index (χ4n) is 4.08. The van der Waals surface area contributed by atoms with Gasteiger partial charge in [0, 0.05) is 44.4 Å². The molecule has 0 bridgehead atoms. The molecule has 0 spiro atoms. The molecule has 0 radical (unpaired) electrons. The number of phenolic OH excluding ortho intramolecular Hbond substituents is 2. The molecule has 170 valence electrons. The third-order valence-corrected chi connectivity index (χ3v) is 6.04. The van der Waals surface area contributed by atoms with Crippen molar-refractivity contribution in [2.45, 2.75) is 33.9 Å². The van der Waals surface area contributed by atoms with Crippen LogP contribution in [0.1, 0.15) is 38.2 Å². The minimum absolute atomic E-state index is 0.0402. The Morgan fingerprint density at radius 1 is 1.03 bits per heavy atom. The molecule has 0 saturated carbocycles. The van der Waals surface area contributed by atoms with E-state index < -0.39 is 0 Å². The molecule has 0 fully saturated rings. The van der Waals surface area contributed by atoms with Gasteiger partial charge in [-0.1, -0.05) is 18.2 Å². The van der Waals surface area contributed by atoms with E-state index in [0.29, 0.717) is 30.8 Å². The quantitative estimate of drug-likeness (QED) is 0.702.